The minimum atomic E-state index is -0.895. The number of esters is 1. The third-order valence-electron chi connectivity index (χ3n) is 4.87. The number of hydrogen-bond donors (Lipinski definition) is 1. The zero-order valence-corrected chi connectivity index (χ0v) is 18.1. The second-order valence-corrected chi connectivity index (χ2v) is 7.26. The molecule has 31 heavy (non-hydrogen) atoms. The fraction of sp³-hybridized carbons (Fsp3) is 0.273. The molecule has 1 aliphatic heterocycles. The van der Waals surface area contributed by atoms with Gasteiger partial charge in [-0.3, -0.25) is 19.3 Å². The summed E-state index contributed by atoms with van der Waals surface area (Å²) in [4.78, 5) is 40.5. The van der Waals surface area contributed by atoms with E-state index in [1.807, 2.05) is 30.3 Å². The first-order valence-corrected chi connectivity index (χ1v) is 10.0. The molecule has 1 aliphatic rings. The summed E-state index contributed by atoms with van der Waals surface area (Å²) in [6.07, 6.45) is -0.159. The van der Waals surface area contributed by atoms with E-state index in [2.05, 4.69) is 5.32 Å². The van der Waals surface area contributed by atoms with Crippen molar-refractivity contribution < 1.29 is 23.9 Å². The summed E-state index contributed by atoms with van der Waals surface area (Å²) in [5.74, 6) is -0.585. The van der Waals surface area contributed by atoms with Gasteiger partial charge in [0, 0.05) is 5.69 Å². The van der Waals surface area contributed by atoms with E-state index < -0.39 is 12.0 Å². The van der Waals surface area contributed by atoms with Gasteiger partial charge < -0.3 is 19.7 Å². The number of anilines is 1. The minimum Gasteiger partial charge on any atom is -0.497 e. The first kappa shape index (κ1) is 22.2. The molecule has 1 atom stereocenters. The van der Waals surface area contributed by atoms with Gasteiger partial charge in [-0.1, -0.05) is 30.3 Å². The number of methoxy groups -OCH3 is 2. The van der Waals surface area contributed by atoms with Gasteiger partial charge in [0.2, 0.25) is 5.91 Å². The van der Waals surface area contributed by atoms with E-state index in [4.69, 9.17) is 21.7 Å². The second-order valence-electron chi connectivity index (χ2n) is 6.89. The standard InChI is InChI=1S/C22H23N3O5S/c1-29-17-10-8-16(9-11-17)23-19(26)12-18-21(28)25(13-15-6-4-3-5-7-15)22(31)24(18)14-20(27)30-2/h3-11,18H,12-14H2,1-2H3,(H,23,26)/t18-/m0/s1. The Labute approximate surface area is 185 Å². The van der Waals surface area contributed by atoms with Crippen LogP contribution in [-0.2, 0) is 25.7 Å². The highest BCUT2D eigenvalue weighted by Gasteiger charge is 2.44. The summed E-state index contributed by atoms with van der Waals surface area (Å²) in [6.45, 7) is 0.0413. The van der Waals surface area contributed by atoms with E-state index in [9.17, 15) is 14.4 Å². The molecule has 0 aliphatic carbocycles. The van der Waals surface area contributed by atoms with Gasteiger partial charge >= 0.3 is 5.97 Å². The molecule has 162 valence electrons. The van der Waals surface area contributed by atoms with Crippen molar-refractivity contribution in [3.8, 4) is 5.75 Å². The molecule has 0 bridgehead atoms. The van der Waals surface area contributed by atoms with Crippen LogP contribution < -0.4 is 10.1 Å². The van der Waals surface area contributed by atoms with E-state index >= 15 is 0 Å². The summed E-state index contributed by atoms with van der Waals surface area (Å²) >= 11 is 5.47. The molecule has 2 aromatic rings. The molecule has 9 heteroatoms. The highest BCUT2D eigenvalue weighted by molar-refractivity contribution is 7.80. The van der Waals surface area contributed by atoms with Crippen molar-refractivity contribution in [1.29, 1.82) is 0 Å². The van der Waals surface area contributed by atoms with Crippen LogP contribution in [0.4, 0.5) is 5.69 Å². The third-order valence-corrected chi connectivity index (χ3v) is 5.32. The van der Waals surface area contributed by atoms with E-state index in [0.717, 1.165) is 5.56 Å². The van der Waals surface area contributed by atoms with Gasteiger partial charge in [-0.2, -0.15) is 0 Å². The number of ether oxygens (including phenoxy) is 2. The average molecular weight is 442 g/mol. The van der Waals surface area contributed by atoms with Crippen LogP contribution >= 0.6 is 12.2 Å². The molecular formula is C22H23N3O5S. The number of nitrogens with one attached hydrogen (secondary N) is 1. The quantitative estimate of drug-likeness (QED) is 0.496. The van der Waals surface area contributed by atoms with Crippen molar-refractivity contribution in [3.63, 3.8) is 0 Å². The van der Waals surface area contributed by atoms with Gasteiger partial charge in [-0.15, -0.1) is 0 Å². The summed E-state index contributed by atoms with van der Waals surface area (Å²) in [5.41, 5.74) is 1.46. The summed E-state index contributed by atoms with van der Waals surface area (Å²) in [5, 5.41) is 2.95. The molecule has 0 aromatic heterocycles. The molecule has 0 saturated carbocycles. The number of benzene rings is 2. The van der Waals surface area contributed by atoms with Crippen LogP contribution in [-0.4, -0.2) is 59.5 Å². The molecule has 0 spiro atoms. The van der Waals surface area contributed by atoms with Gasteiger partial charge in [0.15, 0.2) is 5.11 Å². The molecule has 2 aromatic carbocycles. The largest absolute Gasteiger partial charge is 0.497 e. The maximum Gasteiger partial charge on any atom is 0.325 e. The Balaban J connectivity index is 1.75. The fourth-order valence-corrected chi connectivity index (χ4v) is 3.59. The van der Waals surface area contributed by atoms with Crippen molar-refractivity contribution in [2.75, 3.05) is 26.1 Å². The summed E-state index contributed by atoms with van der Waals surface area (Å²) in [7, 11) is 2.82. The molecule has 1 N–H and O–H groups in total. The summed E-state index contributed by atoms with van der Waals surface area (Å²) < 4.78 is 9.84. The smallest absolute Gasteiger partial charge is 0.325 e. The van der Waals surface area contributed by atoms with Crippen molar-refractivity contribution in [3.05, 3.63) is 60.2 Å². The van der Waals surface area contributed by atoms with E-state index in [0.29, 0.717) is 11.4 Å². The van der Waals surface area contributed by atoms with Crippen LogP contribution in [0.2, 0.25) is 0 Å². The molecule has 2 amide bonds. The lowest BCUT2D eigenvalue weighted by atomic mass is 10.1. The summed E-state index contributed by atoms with van der Waals surface area (Å²) in [6, 6.07) is 15.3. The molecule has 3 rings (SSSR count). The average Bonchev–Trinajstić information content (AvgIpc) is 2.99. The molecule has 0 radical (unpaired) electrons. The number of rotatable bonds is 8. The zero-order valence-electron chi connectivity index (χ0n) is 17.2. The Morgan fingerprint density at radius 1 is 1.06 bits per heavy atom. The number of carbonyl (C=O) groups excluding carboxylic acids is 3. The fourth-order valence-electron chi connectivity index (χ4n) is 3.25. The first-order valence-electron chi connectivity index (χ1n) is 9.59. The van der Waals surface area contributed by atoms with Crippen molar-refractivity contribution >= 4 is 40.8 Å². The third kappa shape index (κ3) is 5.37. The van der Waals surface area contributed by atoms with E-state index in [1.54, 1.807) is 31.4 Å². The monoisotopic (exact) mass is 441 g/mol. The Morgan fingerprint density at radius 2 is 1.74 bits per heavy atom. The molecule has 8 nitrogen and oxygen atoms in total. The Morgan fingerprint density at radius 3 is 2.35 bits per heavy atom. The SMILES string of the molecule is COC(=O)CN1C(=S)N(Cc2ccccc2)C(=O)[C@@H]1CC(=O)Nc1ccc(OC)cc1. The maximum absolute atomic E-state index is 13.1. The van der Waals surface area contributed by atoms with Crippen LogP contribution in [0.5, 0.6) is 5.75 Å². The number of carbonyl (C=O) groups is 3. The molecule has 1 heterocycles. The number of thiocarbonyl (C=S) groups is 1. The Hall–Kier alpha value is -3.46. The van der Waals surface area contributed by atoms with E-state index in [-0.39, 0.29) is 36.4 Å². The topological polar surface area (TPSA) is 88.2 Å². The maximum atomic E-state index is 13.1. The predicted octanol–water partition coefficient (Wildman–Crippen LogP) is 2.19. The Kier molecular flexibility index (Phi) is 7.19. The number of hydrogen-bond acceptors (Lipinski definition) is 6. The van der Waals surface area contributed by atoms with Gasteiger partial charge in [-0.25, -0.2) is 0 Å². The highest BCUT2D eigenvalue weighted by atomic mass is 32.1. The molecule has 0 unspecified atom stereocenters. The van der Waals surface area contributed by atoms with Crippen LogP contribution in [0.1, 0.15) is 12.0 Å². The van der Waals surface area contributed by atoms with Crippen LogP contribution in [0.3, 0.4) is 0 Å². The first-order chi connectivity index (χ1) is 14.9. The molecular weight excluding hydrogens is 418 g/mol. The van der Waals surface area contributed by atoms with Crippen LogP contribution in [0, 0.1) is 0 Å². The minimum absolute atomic E-state index is 0.159. The second kappa shape index (κ2) is 10.0. The predicted molar refractivity (Wildman–Crippen MR) is 118 cm³/mol. The van der Waals surface area contributed by atoms with Crippen molar-refractivity contribution in [2.24, 2.45) is 0 Å². The van der Waals surface area contributed by atoms with Gasteiger partial charge in [-0.05, 0) is 42.0 Å². The van der Waals surface area contributed by atoms with Crippen LogP contribution in [0.15, 0.2) is 54.6 Å². The van der Waals surface area contributed by atoms with Gasteiger partial charge in [0.25, 0.3) is 5.91 Å². The van der Waals surface area contributed by atoms with Gasteiger partial charge in [0.05, 0.1) is 27.2 Å². The lowest BCUT2D eigenvalue weighted by Crippen LogP contribution is -2.41. The normalized spacial score (nSPS) is 15.7. The number of amides is 2. The lowest BCUT2D eigenvalue weighted by molar-refractivity contribution is -0.141. The van der Waals surface area contributed by atoms with Crippen molar-refractivity contribution in [1.82, 2.24) is 9.80 Å². The molecule has 1 fully saturated rings. The Bertz CT molecular complexity index is 965. The highest BCUT2D eigenvalue weighted by Crippen LogP contribution is 2.24. The zero-order chi connectivity index (χ0) is 22.4. The van der Waals surface area contributed by atoms with E-state index in [1.165, 1.54) is 16.9 Å². The van der Waals surface area contributed by atoms with Gasteiger partial charge in [0.1, 0.15) is 18.3 Å². The van der Waals surface area contributed by atoms with Crippen LogP contribution in [0.25, 0.3) is 0 Å². The van der Waals surface area contributed by atoms with Crippen molar-refractivity contribution in [2.45, 2.75) is 19.0 Å². The molecule has 1 saturated heterocycles. The number of nitrogens with zero attached hydrogens (tertiary/aromatic N) is 2. The lowest BCUT2D eigenvalue weighted by Gasteiger charge is -2.22.